The summed E-state index contributed by atoms with van der Waals surface area (Å²) in [7, 11) is 0. The first kappa shape index (κ1) is 8.30. The number of nitrogens with two attached hydrogens (primary N) is 1. The highest BCUT2D eigenvalue weighted by molar-refractivity contribution is 8.01. The van der Waals surface area contributed by atoms with Crippen LogP contribution in [0.25, 0.3) is 0 Å². The predicted octanol–water partition coefficient (Wildman–Crippen LogP) is 0.714. The third-order valence-electron chi connectivity index (χ3n) is 1.71. The molecule has 0 bridgehead atoms. The Labute approximate surface area is 70.9 Å². The molecule has 0 aromatic carbocycles. The smallest absolute Gasteiger partial charge is 0.0914 e. The van der Waals surface area contributed by atoms with Gasteiger partial charge in [-0.25, -0.2) is 0 Å². The van der Waals surface area contributed by atoms with Crippen LogP contribution in [0.3, 0.4) is 0 Å². The minimum Gasteiger partial charge on any atom is -0.392 e. The van der Waals surface area contributed by atoms with Crippen molar-refractivity contribution in [2.45, 2.75) is 24.6 Å². The summed E-state index contributed by atoms with van der Waals surface area (Å²) < 4.78 is 0.172. The van der Waals surface area contributed by atoms with E-state index in [1.807, 2.05) is 11.8 Å². The second kappa shape index (κ2) is 2.68. The largest absolute Gasteiger partial charge is 0.392 e. The van der Waals surface area contributed by atoms with E-state index >= 15 is 0 Å². The molecule has 2 nitrogen and oxygen atoms in total. The highest BCUT2D eigenvalue weighted by Gasteiger charge is 2.36. The van der Waals surface area contributed by atoms with Gasteiger partial charge in [-0.15, -0.1) is 11.8 Å². The molecule has 0 aliphatic carbocycles. The van der Waals surface area contributed by atoms with Crippen LogP contribution in [0.1, 0.15) is 13.8 Å². The summed E-state index contributed by atoms with van der Waals surface area (Å²) in [6.45, 7) is 4.31. The van der Waals surface area contributed by atoms with Gasteiger partial charge in [0.05, 0.1) is 11.0 Å². The predicted molar refractivity (Wildman–Crippen MR) is 50.2 cm³/mol. The Morgan fingerprint density at radius 1 is 1.80 bits per heavy atom. The summed E-state index contributed by atoms with van der Waals surface area (Å²) in [5.74, 6) is 0.953. The lowest BCUT2D eigenvalue weighted by atomic mass is 10.0. The van der Waals surface area contributed by atoms with Gasteiger partial charge >= 0.3 is 0 Å². The van der Waals surface area contributed by atoms with E-state index in [2.05, 4.69) is 19.2 Å². The van der Waals surface area contributed by atoms with Gasteiger partial charge in [-0.3, -0.25) is 5.32 Å². The number of nitrogens with one attached hydrogen (secondary N) is 1. The number of hydrogen-bond acceptors (Lipinski definition) is 3. The fourth-order valence-electron chi connectivity index (χ4n) is 1.08. The van der Waals surface area contributed by atoms with E-state index < -0.39 is 0 Å². The van der Waals surface area contributed by atoms with Crippen molar-refractivity contribution in [3.63, 3.8) is 0 Å². The number of rotatable bonds is 1. The molecule has 0 aromatic heterocycles. The molecule has 58 valence electrons. The van der Waals surface area contributed by atoms with Crippen molar-refractivity contribution in [2.75, 3.05) is 5.88 Å². The topological polar surface area (TPSA) is 38.0 Å². The van der Waals surface area contributed by atoms with E-state index in [0.29, 0.717) is 4.99 Å². The number of hydrogen-bond donors (Lipinski definition) is 2. The van der Waals surface area contributed by atoms with Crippen molar-refractivity contribution >= 4 is 29.0 Å². The molecule has 3 N–H and O–H groups in total. The van der Waals surface area contributed by atoms with Gasteiger partial charge < -0.3 is 5.73 Å². The summed E-state index contributed by atoms with van der Waals surface area (Å²) in [6, 6.07) is 0.201. The van der Waals surface area contributed by atoms with E-state index in [1.54, 1.807) is 0 Å². The Bertz CT molecular complexity index is 156. The molecule has 0 aromatic rings. The average molecular weight is 176 g/mol. The van der Waals surface area contributed by atoms with Gasteiger partial charge in [-0.2, -0.15) is 0 Å². The Balaban J connectivity index is 2.68. The van der Waals surface area contributed by atoms with Crippen molar-refractivity contribution in [2.24, 2.45) is 5.73 Å². The zero-order valence-electron chi connectivity index (χ0n) is 6.18. The fourth-order valence-corrected chi connectivity index (χ4v) is 2.53. The highest BCUT2D eigenvalue weighted by Crippen LogP contribution is 2.32. The monoisotopic (exact) mass is 176 g/mol. The van der Waals surface area contributed by atoms with Gasteiger partial charge in [0.25, 0.3) is 0 Å². The maximum Gasteiger partial charge on any atom is 0.0914 e. The molecule has 0 spiro atoms. The zero-order valence-corrected chi connectivity index (χ0v) is 7.81. The van der Waals surface area contributed by atoms with Crippen LogP contribution < -0.4 is 11.1 Å². The lowest BCUT2D eigenvalue weighted by Gasteiger charge is -2.23. The summed E-state index contributed by atoms with van der Waals surface area (Å²) in [5, 5.41) is 3.24. The van der Waals surface area contributed by atoms with Gasteiger partial charge in [0.1, 0.15) is 0 Å². The van der Waals surface area contributed by atoms with Crippen LogP contribution >= 0.6 is 24.0 Å². The second-order valence-corrected chi connectivity index (χ2v) is 5.03. The van der Waals surface area contributed by atoms with Crippen molar-refractivity contribution in [1.82, 2.24) is 5.32 Å². The molecule has 1 aliphatic heterocycles. The quantitative estimate of drug-likeness (QED) is 0.577. The van der Waals surface area contributed by atoms with Gasteiger partial charge in [-0.05, 0) is 13.8 Å². The standard InChI is InChI=1S/C6H12N2S2/c1-6(2)4(5(7)9)8-3-10-6/h4,8H,3H2,1-2H3,(H2,7,9). The summed E-state index contributed by atoms with van der Waals surface area (Å²) in [6.07, 6.45) is 0. The van der Waals surface area contributed by atoms with Crippen molar-refractivity contribution in [3.05, 3.63) is 0 Å². The molecule has 0 radical (unpaired) electrons. The van der Waals surface area contributed by atoms with E-state index in [9.17, 15) is 0 Å². The molecular weight excluding hydrogens is 164 g/mol. The SMILES string of the molecule is CC1(C)SCNC1C(N)=S. The first-order chi connectivity index (χ1) is 4.54. The molecule has 1 rings (SSSR count). The molecule has 1 unspecified atom stereocenters. The first-order valence-corrected chi connectivity index (χ1v) is 4.60. The molecular formula is C6H12N2S2. The van der Waals surface area contributed by atoms with Crippen LogP contribution in [-0.4, -0.2) is 21.7 Å². The molecule has 1 aliphatic rings. The summed E-state index contributed by atoms with van der Waals surface area (Å²) >= 11 is 6.76. The van der Waals surface area contributed by atoms with Gasteiger partial charge in [-0.1, -0.05) is 12.2 Å². The van der Waals surface area contributed by atoms with Crippen molar-refractivity contribution in [1.29, 1.82) is 0 Å². The van der Waals surface area contributed by atoms with E-state index in [0.717, 1.165) is 5.88 Å². The fraction of sp³-hybridized carbons (Fsp3) is 0.833. The van der Waals surface area contributed by atoms with Gasteiger partial charge in [0.2, 0.25) is 0 Å². The lowest BCUT2D eigenvalue weighted by Crippen LogP contribution is -2.46. The second-order valence-electron chi connectivity index (χ2n) is 2.93. The van der Waals surface area contributed by atoms with E-state index in [1.165, 1.54) is 0 Å². The maximum absolute atomic E-state index is 5.53. The molecule has 0 saturated carbocycles. The Morgan fingerprint density at radius 2 is 2.40 bits per heavy atom. The molecule has 1 saturated heterocycles. The van der Waals surface area contributed by atoms with Gasteiger partial charge in [0, 0.05) is 10.6 Å². The Kier molecular flexibility index (Phi) is 2.22. The third kappa shape index (κ3) is 1.44. The van der Waals surface area contributed by atoms with Gasteiger partial charge in [0.15, 0.2) is 0 Å². The van der Waals surface area contributed by atoms with E-state index in [-0.39, 0.29) is 10.8 Å². The third-order valence-corrected chi connectivity index (χ3v) is 3.24. The van der Waals surface area contributed by atoms with Crippen LogP contribution in [-0.2, 0) is 0 Å². The first-order valence-electron chi connectivity index (χ1n) is 3.21. The molecule has 10 heavy (non-hydrogen) atoms. The number of thioether (sulfide) groups is 1. The molecule has 0 amide bonds. The normalized spacial score (nSPS) is 30.4. The highest BCUT2D eigenvalue weighted by atomic mass is 32.2. The van der Waals surface area contributed by atoms with Crippen LogP contribution in [0, 0.1) is 0 Å². The lowest BCUT2D eigenvalue weighted by molar-refractivity contribution is 0.598. The maximum atomic E-state index is 5.53. The van der Waals surface area contributed by atoms with Crippen molar-refractivity contribution in [3.8, 4) is 0 Å². The van der Waals surface area contributed by atoms with Crippen LogP contribution in [0.5, 0.6) is 0 Å². The molecule has 1 atom stereocenters. The van der Waals surface area contributed by atoms with Crippen LogP contribution in [0.2, 0.25) is 0 Å². The van der Waals surface area contributed by atoms with E-state index in [4.69, 9.17) is 18.0 Å². The Morgan fingerprint density at radius 3 is 2.60 bits per heavy atom. The zero-order chi connectivity index (χ0) is 7.78. The average Bonchev–Trinajstić information content (AvgIpc) is 2.08. The van der Waals surface area contributed by atoms with Crippen molar-refractivity contribution < 1.29 is 0 Å². The minimum absolute atomic E-state index is 0.172. The molecule has 1 heterocycles. The van der Waals surface area contributed by atoms with Crippen LogP contribution in [0.15, 0.2) is 0 Å². The Hall–Kier alpha value is 0.200. The summed E-state index contributed by atoms with van der Waals surface area (Å²) in [5.41, 5.74) is 5.53. The number of thiocarbonyl (C=S) groups is 1. The summed E-state index contributed by atoms with van der Waals surface area (Å²) in [4.78, 5) is 0.579. The van der Waals surface area contributed by atoms with Crippen LogP contribution in [0.4, 0.5) is 0 Å². The minimum atomic E-state index is 0.172. The molecule has 1 fully saturated rings. The molecule has 4 heteroatoms.